The molecule has 5 heteroatoms. The highest BCUT2D eigenvalue weighted by molar-refractivity contribution is 8.01. The highest BCUT2D eigenvalue weighted by atomic mass is 35.5. The summed E-state index contributed by atoms with van der Waals surface area (Å²) in [4.78, 5) is 15.7. The second kappa shape index (κ2) is 3.14. The van der Waals surface area contributed by atoms with Crippen molar-refractivity contribution in [2.45, 2.75) is 11.1 Å². The van der Waals surface area contributed by atoms with Crippen molar-refractivity contribution in [2.75, 3.05) is 11.6 Å². The van der Waals surface area contributed by atoms with Gasteiger partial charge >= 0.3 is 0 Å². The first kappa shape index (κ1) is 9.80. The zero-order chi connectivity index (χ0) is 10.3. The number of halogens is 1. The Bertz CT molecular complexity index is 410. The zero-order valence-corrected chi connectivity index (χ0v) is 9.37. The molecule has 74 valence electrons. The number of fused-ring (bicyclic) bond motifs is 1. The molecule has 1 N–H and O–H groups in total. The molecule has 1 aromatic heterocycles. The molecule has 1 atom stereocenters. The summed E-state index contributed by atoms with van der Waals surface area (Å²) in [5, 5.41) is 2.66. The van der Waals surface area contributed by atoms with Gasteiger partial charge in [-0.25, -0.2) is 4.98 Å². The summed E-state index contributed by atoms with van der Waals surface area (Å²) < 4.78 is -1.01. The number of hydrogen-bond donors (Lipinski definition) is 1. The highest BCUT2D eigenvalue weighted by Crippen LogP contribution is 2.47. The molecule has 14 heavy (non-hydrogen) atoms. The zero-order valence-electron chi connectivity index (χ0n) is 7.80. The first-order valence-electron chi connectivity index (χ1n) is 4.10. The van der Waals surface area contributed by atoms with E-state index in [0.717, 1.165) is 11.1 Å². The summed E-state index contributed by atoms with van der Waals surface area (Å²) in [7, 11) is 0. The van der Waals surface area contributed by atoms with E-state index in [1.165, 1.54) is 11.8 Å². The largest absolute Gasteiger partial charge is 0.308 e. The first-order valence-corrected chi connectivity index (χ1v) is 5.71. The van der Waals surface area contributed by atoms with Gasteiger partial charge in [0.2, 0.25) is 0 Å². The lowest BCUT2D eigenvalue weighted by Gasteiger charge is -2.15. The van der Waals surface area contributed by atoms with E-state index in [-0.39, 0.29) is 5.91 Å². The van der Waals surface area contributed by atoms with E-state index in [0.29, 0.717) is 5.82 Å². The highest BCUT2D eigenvalue weighted by Gasteiger charge is 2.45. The van der Waals surface area contributed by atoms with Crippen LogP contribution in [0, 0.1) is 6.92 Å². The number of aromatic nitrogens is 1. The van der Waals surface area contributed by atoms with E-state index in [9.17, 15) is 4.79 Å². The van der Waals surface area contributed by atoms with Gasteiger partial charge in [0.15, 0.2) is 4.21 Å². The number of carbonyl (C=O) groups is 1. The lowest BCUT2D eigenvalue weighted by atomic mass is 10.1. The van der Waals surface area contributed by atoms with Gasteiger partial charge in [-0.1, -0.05) is 11.6 Å². The topological polar surface area (TPSA) is 42.0 Å². The van der Waals surface area contributed by atoms with Crippen molar-refractivity contribution in [3.63, 3.8) is 0 Å². The van der Waals surface area contributed by atoms with E-state index in [1.807, 2.05) is 19.2 Å². The number of anilines is 1. The Morgan fingerprint density at radius 3 is 3.00 bits per heavy atom. The van der Waals surface area contributed by atoms with Gasteiger partial charge in [0.05, 0.1) is 0 Å². The molecule has 0 fully saturated rings. The van der Waals surface area contributed by atoms with Gasteiger partial charge in [-0.3, -0.25) is 4.79 Å². The number of aryl methyl sites for hydroxylation is 1. The summed E-state index contributed by atoms with van der Waals surface area (Å²) in [5.41, 5.74) is 1.76. The van der Waals surface area contributed by atoms with Crippen LogP contribution in [0.15, 0.2) is 12.3 Å². The van der Waals surface area contributed by atoms with Crippen LogP contribution in [0.4, 0.5) is 5.82 Å². The Balaban J connectivity index is 2.61. The van der Waals surface area contributed by atoms with Crippen LogP contribution in [0.3, 0.4) is 0 Å². The maximum atomic E-state index is 11.6. The molecule has 1 aliphatic rings. The predicted octanol–water partition coefficient (Wildman–Crippen LogP) is 2.10. The second-order valence-corrected chi connectivity index (χ2v) is 4.97. The third kappa shape index (κ3) is 1.21. The Morgan fingerprint density at radius 2 is 2.36 bits per heavy atom. The molecule has 0 spiro atoms. The molecule has 3 nitrogen and oxygen atoms in total. The first-order chi connectivity index (χ1) is 6.58. The van der Waals surface area contributed by atoms with Crippen molar-refractivity contribution in [3.05, 3.63) is 23.4 Å². The van der Waals surface area contributed by atoms with E-state index in [1.54, 1.807) is 6.20 Å². The number of nitrogens with one attached hydrogen (secondary N) is 1. The van der Waals surface area contributed by atoms with Crippen molar-refractivity contribution < 1.29 is 4.79 Å². The summed E-state index contributed by atoms with van der Waals surface area (Å²) in [6.45, 7) is 1.92. The van der Waals surface area contributed by atoms with Crippen LogP contribution in [-0.2, 0) is 9.00 Å². The number of carbonyl (C=O) groups excluding carboxylic acids is 1. The number of alkyl halides is 1. The summed E-state index contributed by atoms with van der Waals surface area (Å²) in [6.07, 6.45) is 3.52. The van der Waals surface area contributed by atoms with Gasteiger partial charge in [-0.15, -0.1) is 11.8 Å². The van der Waals surface area contributed by atoms with Gasteiger partial charge in [-0.05, 0) is 24.8 Å². The average molecular weight is 229 g/mol. The van der Waals surface area contributed by atoms with Crippen molar-refractivity contribution >= 4 is 35.1 Å². The Kier molecular flexibility index (Phi) is 2.20. The molecule has 2 rings (SSSR count). The Hall–Kier alpha value is -0.740. The Labute approximate surface area is 91.2 Å². The van der Waals surface area contributed by atoms with E-state index < -0.39 is 4.21 Å². The van der Waals surface area contributed by atoms with Gasteiger partial charge in [0.1, 0.15) is 5.82 Å². The molecule has 0 aliphatic carbocycles. The SMILES string of the molecule is CSC1(Cl)C(=O)Nc2ncc(C)cc21. The standard InChI is InChI=1S/C9H9ClN2OS/c1-5-3-6-7(11-4-5)12-8(13)9(6,10)14-2/h3-4H,1-2H3,(H,11,12,13). The number of hydrogen-bond acceptors (Lipinski definition) is 3. The molecule has 1 aromatic rings. The molecule has 0 bridgehead atoms. The molecule has 2 heterocycles. The summed E-state index contributed by atoms with van der Waals surface area (Å²) in [5.74, 6) is 0.365. The van der Waals surface area contributed by atoms with Crippen LogP contribution < -0.4 is 5.32 Å². The van der Waals surface area contributed by atoms with E-state index in [4.69, 9.17) is 11.6 Å². The molecule has 1 amide bonds. The quantitative estimate of drug-likeness (QED) is 0.749. The fraction of sp³-hybridized carbons (Fsp3) is 0.333. The molecule has 1 unspecified atom stereocenters. The van der Waals surface area contributed by atoms with Crippen LogP contribution in [0.2, 0.25) is 0 Å². The van der Waals surface area contributed by atoms with Crippen LogP contribution >= 0.6 is 23.4 Å². The van der Waals surface area contributed by atoms with Gasteiger partial charge in [0, 0.05) is 11.8 Å². The third-order valence-electron chi connectivity index (χ3n) is 2.18. The molecular weight excluding hydrogens is 220 g/mol. The minimum Gasteiger partial charge on any atom is -0.308 e. The van der Waals surface area contributed by atoms with Gasteiger partial charge in [0.25, 0.3) is 5.91 Å². The van der Waals surface area contributed by atoms with E-state index >= 15 is 0 Å². The average Bonchev–Trinajstić information content (AvgIpc) is 2.41. The fourth-order valence-corrected chi connectivity index (χ4v) is 2.23. The molecule has 0 saturated heterocycles. The van der Waals surface area contributed by atoms with E-state index in [2.05, 4.69) is 10.3 Å². The number of rotatable bonds is 1. The smallest absolute Gasteiger partial charge is 0.261 e. The fourth-order valence-electron chi connectivity index (χ4n) is 1.43. The predicted molar refractivity (Wildman–Crippen MR) is 58.6 cm³/mol. The third-order valence-corrected chi connectivity index (χ3v) is 3.98. The minimum atomic E-state index is -1.01. The van der Waals surface area contributed by atoms with Crippen molar-refractivity contribution in [1.29, 1.82) is 0 Å². The second-order valence-electron chi connectivity index (χ2n) is 3.16. The maximum absolute atomic E-state index is 11.6. The number of pyridine rings is 1. The van der Waals surface area contributed by atoms with Crippen molar-refractivity contribution in [2.24, 2.45) is 0 Å². The number of thioether (sulfide) groups is 1. The molecule has 0 aromatic carbocycles. The van der Waals surface area contributed by atoms with Crippen LogP contribution in [0.1, 0.15) is 11.1 Å². The van der Waals surface area contributed by atoms with Crippen LogP contribution in [0.5, 0.6) is 0 Å². The van der Waals surface area contributed by atoms with Gasteiger partial charge in [-0.2, -0.15) is 0 Å². The van der Waals surface area contributed by atoms with Crippen LogP contribution in [0.25, 0.3) is 0 Å². The van der Waals surface area contributed by atoms with Gasteiger partial charge < -0.3 is 5.32 Å². The molecule has 0 radical (unpaired) electrons. The lowest BCUT2D eigenvalue weighted by Crippen LogP contribution is -2.24. The summed E-state index contributed by atoms with van der Waals surface area (Å²) in [6, 6.07) is 1.89. The lowest BCUT2D eigenvalue weighted by molar-refractivity contribution is -0.116. The number of amides is 1. The molecule has 1 aliphatic heterocycles. The Morgan fingerprint density at radius 1 is 1.64 bits per heavy atom. The maximum Gasteiger partial charge on any atom is 0.261 e. The molecule has 0 saturated carbocycles. The molecular formula is C9H9ClN2OS. The summed E-state index contributed by atoms with van der Waals surface area (Å²) >= 11 is 7.53. The number of nitrogens with zero attached hydrogens (tertiary/aromatic N) is 1. The minimum absolute atomic E-state index is 0.209. The normalized spacial score (nSPS) is 24.6. The van der Waals surface area contributed by atoms with Crippen molar-refractivity contribution in [1.82, 2.24) is 4.98 Å². The monoisotopic (exact) mass is 228 g/mol. The van der Waals surface area contributed by atoms with Crippen molar-refractivity contribution in [3.8, 4) is 0 Å². The van der Waals surface area contributed by atoms with Crippen LogP contribution in [-0.4, -0.2) is 17.1 Å².